The second kappa shape index (κ2) is 7.49. The summed E-state index contributed by atoms with van der Waals surface area (Å²) >= 11 is 6.07. The van der Waals surface area contributed by atoms with Crippen molar-refractivity contribution in [2.75, 3.05) is 0 Å². The molecule has 1 amide bonds. The monoisotopic (exact) mass is 355 g/mol. The Morgan fingerprint density at radius 2 is 1.88 bits per heavy atom. The Morgan fingerprint density at radius 1 is 1.16 bits per heavy atom. The first-order chi connectivity index (χ1) is 12.1. The third kappa shape index (κ3) is 3.88. The van der Waals surface area contributed by atoms with E-state index in [9.17, 15) is 9.59 Å². The van der Waals surface area contributed by atoms with Crippen LogP contribution in [0.5, 0.6) is 0 Å². The average Bonchev–Trinajstić information content (AvgIpc) is 2.63. The van der Waals surface area contributed by atoms with Crippen molar-refractivity contribution in [2.24, 2.45) is 7.05 Å². The van der Waals surface area contributed by atoms with Crippen molar-refractivity contribution in [1.29, 1.82) is 0 Å². The molecular formula is C19H18ClN3O2. The van der Waals surface area contributed by atoms with Crippen LogP contribution in [0.4, 0.5) is 0 Å². The summed E-state index contributed by atoms with van der Waals surface area (Å²) in [6.07, 6.45) is 0.647. The van der Waals surface area contributed by atoms with Crippen LogP contribution in [0.2, 0.25) is 5.02 Å². The summed E-state index contributed by atoms with van der Waals surface area (Å²) in [6.45, 7) is 0.378. The fourth-order valence-electron chi connectivity index (χ4n) is 2.64. The molecule has 25 heavy (non-hydrogen) atoms. The summed E-state index contributed by atoms with van der Waals surface area (Å²) < 4.78 is 1.50. The van der Waals surface area contributed by atoms with Crippen LogP contribution in [0, 0.1) is 0 Å². The molecule has 1 heterocycles. The highest BCUT2D eigenvalue weighted by atomic mass is 35.5. The second-order valence-electron chi connectivity index (χ2n) is 5.78. The first-order valence-electron chi connectivity index (χ1n) is 8.01. The Morgan fingerprint density at radius 3 is 2.68 bits per heavy atom. The van der Waals surface area contributed by atoms with Crippen molar-refractivity contribution in [3.05, 3.63) is 75.3 Å². The summed E-state index contributed by atoms with van der Waals surface area (Å²) in [5.41, 5.74) is 1.42. The molecule has 0 saturated carbocycles. The van der Waals surface area contributed by atoms with Gasteiger partial charge in [-0.3, -0.25) is 14.2 Å². The summed E-state index contributed by atoms with van der Waals surface area (Å²) in [5, 5.41) is 4.05. The smallest absolute Gasteiger partial charge is 0.261 e. The lowest BCUT2D eigenvalue weighted by molar-refractivity contribution is -0.121. The quantitative estimate of drug-likeness (QED) is 0.765. The largest absolute Gasteiger partial charge is 0.352 e. The molecule has 0 aliphatic carbocycles. The summed E-state index contributed by atoms with van der Waals surface area (Å²) in [6, 6.07) is 14.6. The summed E-state index contributed by atoms with van der Waals surface area (Å²) in [4.78, 5) is 28.9. The molecule has 3 rings (SSSR count). The van der Waals surface area contributed by atoms with E-state index in [2.05, 4.69) is 10.3 Å². The number of fused-ring (bicyclic) bond motifs is 1. The number of nitrogens with one attached hydrogen (secondary N) is 1. The number of halogens is 1. The van der Waals surface area contributed by atoms with Gasteiger partial charge in [-0.05, 0) is 23.8 Å². The van der Waals surface area contributed by atoms with Crippen molar-refractivity contribution in [3.63, 3.8) is 0 Å². The van der Waals surface area contributed by atoms with Crippen LogP contribution in [0.3, 0.4) is 0 Å². The normalized spacial score (nSPS) is 10.8. The van der Waals surface area contributed by atoms with Crippen molar-refractivity contribution in [2.45, 2.75) is 19.4 Å². The molecule has 128 valence electrons. The number of carbonyl (C=O) groups is 1. The zero-order chi connectivity index (χ0) is 17.8. The van der Waals surface area contributed by atoms with Gasteiger partial charge in [-0.1, -0.05) is 41.9 Å². The van der Waals surface area contributed by atoms with Crippen molar-refractivity contribution in [1.82, 2.24) is 14.9 Å². The minimum Gasteiger partial charge on any atom is -0.352 e. The number of benzene rings is 2. The first-order valence-corrected chi connectivity index (χ1v) is 8.39. The summed E-state index contributed by atoms with van der Waals surface area (Å²) in [7, 11) is 1.68. The Hall–Kier alpha value is -2.66. The zero-order valence-corrected chi connectivity index (χ0v) is 14.6. The Balaban J connectivity index is 1.66. The molecule has 1 aromatic heterocycles. The van der Waals surface area contributed by atoms with E-state index < -0.39 is 0 Å². The predicted octanol–water partition coefficient (Wildman–Crippen LogP) is 2.84. The van der Waals surface area contributed by atoms with Crippen LogP contribution in [-0.2, 0) is 24.8 Å². The molecule has 5 nitrogen and oxygen atoms in total. The molecule has 2 aromatic carbocycles. The minimum atomic E-state index is -0.109. The maximum atomic E-state index is 12.3. The third-order valence-electron chi connectivity index (χ3n) is 4.09. The minimum absolute atomic E-state index is 0.0999. The molecule has 0 saturated heterocycles. The van der Waals surface area contributed by atoms with Gasteiger partial charge in [-0.15, -0.1) is 0 Å². The number of rotatable bonds is 5. The third-order valence-corrected chi connectivity index (χ3v) is 4.45. The van der Waals surface area contributed by atoms with Gasteiger partial charge in [-0.2, -0.15) is 0 Å². The molecule has 6 heteroatoms. The van der Waals surface area contributed by atoms with Gasteiger partial charge in [0.05, 0.1) is 10.9 Å². The van der Waals surface area contributed by atoms with Gasteiger partial charge < -0.3 is 5.32 Å². The van der Waals surface area contributed by atoms with Crippen LogP contribution in [0.25, 0.3) is 10.9 Å². The maximum Gasteiger partial charge on any atom is 0.261 e. The Labute approximate surface area is 150 Å². The van der Waals surface area contributed by atoms with Crippen molar-refractivity contribution in [3.8, 4) is 0 Å². The van der Waals surface area contributed by atoms with E-state index >= 15 is 0 Å². The van der Waals surface area contributed by atoms with Crippen molar-refractivity contribution < 1.29 is 4.79 Å². The van der Waals surface area contributed by atoms with E-state index in [0.717, 1.165) is 5.56 Å². The van der Waals surface area contributed by atoms with E-state index in [0.29, 0.717) is 34.7 Å². The number of hydrogen-bond donors (Lipinski definition) is 1. The zero-order valence-electron chi connectivity index (χ0n) is 13.8. The van der Waals surface area contributed by atoms with Crippen LogP contribution < -0.4 is 10.9 Å². The Kier molecular flexibility index (Phi) is 5.14. The predicted molar refractivity (Wildman–Crippen MR) is 98.6 cm³/mol. The van der Waals surface area contributed by atoms with Crippen LogP contribution >= 0.6 is 11.6 Å². The van der Waals surface area contributed by atoms with E-state index in [1.54, 1.807) is 25.2 Å². The van der Waals surface area contributed by atoms with Gasteiger partial charge in [0, 0.05) is 31.5 Å². The van der Waals surface area contributed by atoms with Gasteiger partial charge in [0.1, 0.15) is 5.82 Å². The fraction of sp³-hybridized carbons (Fsp3) is 0.211. The molecule has 0 fully saturated rings. The van der Waals surface area contributed by atoms with Crippen molar-refractivity contribution >= 4 is 28.4 Å². The molecule has 0 atom stereocenters. The molecule has 0 aliphatic heterocycles. The topological polar surface area (TPSA) is 64.0 Å². The molecule has 0 bridgehead atoms. The lowest BCUT2D eigenvalue weighted by Crippen LogP contribution is -2.26. The first kappa shape index (κ1) is 17.2. The number of carbonyl (C=O) groups excluding carboxylic acids is 1. The van der Waals surface area contributed by atoms with E-state index in [4.69, 9.17) is 11.6 Å². The Bertz CT molecular complexity index is 982. The van der Waals surface area contributed by atoms with Gasteiger partial charge in [0.2, 0.25) is 5.91 Å². The number of amides is 1. The maximum absolute atomic E-state index is 12.3. The number of aryl methyl sites for hydroxylation is 1. The molecule has 0 spiro atoms. The lowest BCUT2D eigenvalue weighted by Gasteiger charge is -2.10. The molecule has 1 N–H and O–H groups in total. The van der Waals surface area contributed by atoms with Gasteiger partial charge in [-0.25, -0.2) is 4.98 Å². The highest BCUT2D eigenvalue weighted by molar-refractivity contribution is 6.31. The van der Waals surface area contributed by atoms with Crippen LogP contribution in [0.15, 0.2) is 53.3 Å². The van der Waals surface area contributed by atoms with Crippen LogP contribution in [0.1, 0.15) is 17.8 Å². The molecule has 0 unspecified atom stereocenters. The van der Waals surface area contributed by atoms with E-state index in [-0.39, 0.29) is 17.9 Å². The van der Waals surface area contributed by atoms with E-state index in [1.807, 2.05) is 30.3 Å². The highest BCUT2D eigenvalue weighted by Crippen LogP contribution is 2.14. The molecular weight excluding hydrogens is 338 g/mol. The summed E-state index contributed by atoms with van der Waals surface area (Å²) in [5.74, 6) is 0.485. The van der Waals surface area contributed by atoms with E-state index in [1.165, 1.54) is 4.57 Å². The highest BCUT2D eigenvalue weighted by Gasteiger charge is 2.10. The molecule has 3 aromatic rings. The molecule has 0 radical (unpaired) electrons. The van der Waals surface area contributed by atoms with Gasteiger partial charge in [0.15, 0.2) is 0 Å². The fourth-order valence-corrected chi connectivity index (χ4v) is 2.84. The number of nitrogens with zero attached hydrogens (tertiary/aromatic N) is 2. The van der Waals surface area contributed by atoms with Crippen LogP contribution in [-0.4, -0.2) is 15.5 Å². The lowest BCUT2D eigenvalue weighted by atomic mass is 10.2. The second-order valence-corrected chi connectivity index (χ2v) is 6.18. The SMILES string of the molecule is Cn1c(CCC(=O)NCc2ccccc2Cl)nc2ccccc2c1=O. The number of para-hydroxylation sites is 1. The van der Waals surface area contributed by atoms with Gasteiger partial charge >= 0.3 is 0 Å². The average molecular weight is 356 g/mol. The molecule has 0 aliphatic rings. The number of hydrogen-bond acceptors (Lipinski definition) is 3. The number of aromatic nitrogens is 2. The van der Waals surface area contributed by atoms with Gasteiger partial charge in [0.25, 0.3) is 5.56 Å². The standard InChI is InChI=1S/C19H18ClN3O2/c1-23-17(22-16-9-5-3-7-14(16)19(23)25)10-11-18(24)21-12-13-6-2-4-8-15(13)20/h2-9H,10-12H2,1H3,(H,21,24).